The number of carbonyl (C=O) groups excluding carboxylic acids is 3. The van der Waals surface area contributed by atoms with Gasteiger partial charge in [-0.25, -0.2) is 0 Å². The fraction of sp³-hybridized carbons (Fsp3) is 0.483. The summed E-state index contributed by atoms with van der Waals surface area (Å²) in [6, 6.07) is 6.55. The smallest absolute Gasteiger partial charge is 0.402 e. The number of ether oxygens (including phenoxy) is 3. The van der Waals surface area contributed by atoms with Crippen molar-refractivity contribution in [3.63, 3.8) is 0 Å². The average Bonchev–Trinajstić information content (AvgIpc) is 3.06. The van der Waals surface area contributed by atoms with E-state index in [9.17, 15) is 31.6 Å². The Labute approximate surface area is 280 Å². The molecule has 0 heterocycles. The van der Waals surface area contributed by atoms with Gasteiger partial charge in [-0.2, -0.15) is 17.2 Å². The molecule has 12 radical (unpaired) electrons. The van der Waals surface area contributed by atoms with E-state index in [-0.39, 0.29) is 68.7 Å². The zero-order valence-electron chi connectivity index (χ0n) is 25.5. The Morgan fingerprint density at radius 1 is 0.660 bits per heavy atom. The van der Waals surface area contributed by atoms with E-state index in [0.717, 1.165) is 0 Å². The summed E-state index contributed by atoms with van der Waals surface area (Å²) in [6.45, 7) is -1.99. The van der Waals surface area contributed by atoms with Gasteiger partial charge in [-0.1, -0.05) is 73.3 Å². The van der Waals surface area contributed by atoms with Gasteiger partial charge >= 0.3 is 33.3 Å². The Kier molecular flexibility index (Phi) is 13.4. The maximum atomic E-state index is 13.8. The standard InChI is InChI=1S/C29H28B6F2O9S/c30-8-15-1-20(10-32)24(21(2-15)11-33)45-27(39)18-5-17(26(38)44-14-29(36,37)47(41,42)43)6-19(7-18)28(40)46-25-22(12-34)3-16(9-31)4-23(25)13-35/h1-4,17-19H,5-14H2,(H,41,42,43). The van der Waals surface area contributed by atoms with Crippen LogP contribution in [0.5, 0.6) is 11.5 Å². The maximum absolute atomic E-state index is 13.8. The number of hydrogen-bond acceptors (Lipinski definition) is 8. The van der Waals surface area contributed by atoms with E-state index in [1.54, 1.807) is 24.3 Å². The average molecular weight is 655 g/mol. The van der Waals surface area contributed by atoms with E-state index in [1.165, 1.54) is 0 Å². The van der Waals surface area contributed by atoms with Crippen molar-refractivity contribution in [2.45, 2.75) is 62.4 Å². The molecule has 0 saturated heterocycles. The molecule has 236 valence electrons. The van der Waals surface area contributed by atoms with E-state index in [4.69, 9.17) is 61.1 Å². The first-order chi connectivity index (χ1) is 22.1. The second-order valence-electron chi connectivity index (χ2n) is 11.1. The molecule has 0 bridgehead atoms. The topological polar surface area (TPSA) is 133 Å². The lowest BCUT2D eigenvalue weighted by Crippen LogP contribution is -2.40. The maximum Gasteiger partial charge on any atom is 0.402 e. The Balaban J connectivity index is 1.95. The number of hydrogen-bond donors (Lipinski definition) is 1. The predicted octanol–water partition coefficient (Wildman–Crippen LogP) is 1.26. The minimum absolute atomic E-state index is 0.0457. The predicted molar refractivity (Wildman–Crippen MR) is 173 cm³/mol. The van der Waals surface area contributed by atoms with Crippen molar-refractivity contribution in [3.05, 3.63) is 57.6 Å². The van der Waals surface area contributed by atoms with Crippen LogP contribution in [0, 0.1) is 17.8 Å². The van der Waals surface area contributed by atoms with Crippen molar-refractivity contribution in [1.82, 2.24) is 0 Å². The highest BCUT2D eigenvalue weighted by molar-refractivity contribution is 7.86. The van der Waals surface area contributed by atoms with Gasteiger partial charge in [0.25, 0.3) is 0 Å². The molecule has 2 aromatic rings. The third kappa shape index (κ3) is 9.34. The molecule has 47 heavy (non-hydrogen) atoms. The fourth-order valence-electron chi connectivity index (χ4n) is 5.37. The van der Waals surface area contributed by atoms with Crippen molar-refractivity contribution >= 4 is 75.1 Å². The first-order valence-corrected chi connectivity index (χ1v) is 16.0. The SMILES string of the molecule is [B]Cc1cc(C[B])c(OC(=O)C2CC(C(=O)OCC(F)(F)S(=O)(=O)O)CC(C(=O)Oc3c(C[B])cc(C[B])cc3C[B])C2)c(C[B])c1. The molecular weight excluding hydrogens is 627 g/mol. The van der Waals surface area contributed by atoms with E-state index < -0.39 is 57.6 Å². The molecule has 0 aliphatic heterocycles. The fourth-order valence-corrected chi connectivity index (χ4v) is 5.58. The number of benzene rings is 2. The molecule has 18 heteroatoms. The van der Waals surface area contributed by atoms with Gasteiger partial charge in [0.2, 0.25) is 0 Å². The normalized spacial score (nSPS) is 18.3. The molecule has 9 nitrogen and oxygen atoms in total. The third-order valence-electron chi connectivity index (χ3n) is 7.83. The number of alkyl halides is 2. The summed E-state index contributed by atoms with van der Waals surface area (Å²) in [5, 5.41) is -4.80. The highest BCUT2D eigenvalue weighted by Gasteiger charge is 2.47. The molecule has 2 aromatic carbocycles. The van der Waals surface area contributed by atoms with Gasteiger partial charge < -0.3 is 14.2 Å². The van der Waals surface area contributed by atoms with E-state index in [1.807, 2.05) is 0 Å². The Bertz CT molecular complexity index is 1460. The Morgan fingerprint density at radius 3 is 1.26 bits per heavy atom. The van der Waals surface area contributed by atoms with Gasteiger partial charge in [-0.15, -0.1) is 0 Å². The van der Waals surface area contributed by atoms with Crippen LogP contribution >= 0.6 is 0 Å². The first kappa shape index (κ1) is 38.5. The Morgan fingerprint density at radius 2 is 0.979 bits per heavy atom. The third-order valence-corrected chi connectivity index (χ3v) is 8.70. The molecule has 0 aromatic heterocycles. The zero-order chi connectivity index (χ0) is 35.1. The van der Waals surface area contributed by atoms with Crippen molar-refractivity contribution in [1.29, 1.82) is 0 Å². The molecule has 0 spiro atoms. The van der Waals surface area contributed by atoms with Crippen LogP contribution in [0.25, 0.3) is 0 Å². The molecule has 1 saturated carbocycles. The highest BCUT2D eigenvalue weighted by Crippen LogP contribution is 2.38. The summed E-state index contributed by atoms with van der Waals surface area (Å²) in [4.78, 5) is 40.1. The molecule has 3 rings (SSSR count). The van der Waals surface area contributed by atoms with Crippen LogP contribution in [0.15, 0.2) is 24.3 Å². The summed E-state index contributed by atoms with van der Waals surface area (Å²) < 4.78 is 74.4. The lowest BCUT2D eigenvalue weighted by Gasteiger charge is -2.32. The van der Waals surface area contributed by atoms with Gasteiger partial charge in [-0.3, -0.25) is 18.9 Å². The van der Waals surface area contributed by atoms with E-state index in [0.29, 0.717) is 33.4 Å². The van der Waals surface area contributed by atoms with Crippen molar-refractivity contribution < 1.29 is 50.3 Å². The van der Waals surface area contributed by atoms with E-state index >= 15 is 0 Å². The monoisotopic (exact) mass is 656 g/mol. The molecule has 1 aliphatic carbocycles. The van der Waals surface area contributed by atoms with Gasteiger partial charge in [0.1, 0.15) is 11.5 Å². The van der Waals surface area contributed by atoms with Crippen LogP contribution < -0.4 is 9.47 Å². The molecular formula is C29H28B6F2O9S. The molecule has 2 unspecified atom stereocenters. The van der Waals surface area contributed by atoms with Gasteiger partial charge in [-0.05, 0) is 41.5 Å². The number of rotatable bonds is 14. The second-order valence-corrected chi connectivity index (χ2v) is 12.6. The van der Waals surface area contributed by atoms with Gasteiger partial charge in [0.05, 0.1) is 64.8 Å². The van der Waals surface area contributed by atoms with Crippen molar-refractivity contribution in [2.24, 2.45) is 17.8 Å². The lowest BCUT2D eigenvalue weighted by molar-refractivity contribution is -0.160. The van der Waals surface area contributed by atoms with Crippen molar-refractivity contribution in [2.75, 3.05) is 6.61 Å². The zero-order valence-corrected chi connectivity index (χ0v) is 26.3. The summed E-state index contributed by atoms with van der Waals surface area (Å²) in [5.41, 5.74) is 3.04. The Hall–Kier alpha value is -2.99. The number of carbonyl (C=O) groups is 3. The lowest BCUT2D eigenvalue weighted by atomic mass is 9.75. The summed E-state index contributed by atoms with van der Waals surface area (Å²) in [5.74, 6) is -6.65. The highest BCUT2D eigenvalue weighted by atomic mass is 32.2. The second kappa shape index (κ2) is 16.4. The van der Waals surface area contributed by atoms with Gasteiger partial charge in [0, 0.05) is 0 Å². The minimum atomic E-state index is -5.90. The van der Waals surface area contributed by atoms with Crippen LogP contribution in [-0.2, 0) is 67.2 Å². The quantitative estimate of drug-likeness (QED) is 0.138. The molecule has 1 aliphatic rings. The largest absolute Gasteiger partial charge is 0.458 e. The minimum Gasteiger partial charge on any atom is -0.458 e. The van der Waals surface area contributed by atoms with Gasteiger partial charge in [0.15, 0.2) is 6.61 Å². The molecule has 2 atom stereocenters. The number of esters is 3. The van der Waals surface area contributed by atoms with E-state index in [2.05, 4.69) is 4.74 Å². The molecule has 1 fully saturated rings. The van der Waals surface area contributed by atoms with Crippen LogP contribution in [0.3, 0.4) is 0 Å². The van der Waals surface area contributed by atoms with Crippen LogP contribution in [-0.4, -0.2) is 89.8 Å². The van der Waals surface area contributed by atoms with Crippen LogP contribution in [0.4, 0.5) is 8.78 Å². The van der Waals surface area contributed by atoms with Crippen molar-refractivity contribution in [3.8, 4) is 11.5 Å². The van der Waals surface area contributed by atoms with Crippen LogP contribution in [0.2, 0.25) is 0 Å². The molecule has 1 N–H and O–H groups in total. The summed E-state index contributed by atoms with van der Waals surface area (Å²) in [7, 11) is 29.1. The number of halogens is 2. The summed E-state index contributed by atoms with van der Waals surface area (Å²) in [6.07, 6.45) is -0.679. The summed E-state index contributed by atoms with van der Waals surface area (Å²) >= 11 is 0. The van der Waals surface area contributed by atoms with Crippen LogP contribution in [0.1, 0.15) is 52.6 Å². The first-order valence-electron chi connectivity index (χ1n) is 14.6. The molecule has 0 amide bonds.